The quantitative estimate of drug-likeness (QED) is 0.787. The molecule has 0 bridgehead atoms. The van der Waals surface area contributed by atoms with Gasteiger partial charge in [0.1, 0.15) is 6.04 Å². The molecule has 1 aliphatic carbocycles. The molecule has 1 aliphatic heterocycles. The van der Waals surface area contributed by atoms with Crippen LogP contribution >= 0.6 is 0 Å². The van der Waals surface area contributed by atoms with E-state index in [9.17, 15) is 13.2 Å². The van der Waals surface area contributed by atoms with Crippen molar-refractivity contribution in [3.8, 4) is 0 Å². The molecule has 0 unspecified atom stereocenters. The Kier molecular flexibility index (Phi) is 5.81. The second-order valence-corrected chi connectivity index (χ2v) is 7.97. The molecule has 0 aromatic heterocycles. The minimum atomic E-state index is -3.30. The number of sulfonamides is 1. The molecule has 0 spiro atoms. The maximum Gasteiger partial charge on any atom is 0.238 e. The SMILES string of the molecule is CS(=O)(=O)N1CCCC[C@@H]1C(=O)NCCC1=CCCCC1. The Hall–Kier alpha value is -0.880. The Bertz CT molecular complexity index is 499. The number of allylic oxidation sites excluding steroid dienone is 1. The standard InChI is InChI=1S/C15H26N2O3S/c1-21(19,20)17-12-6-5-9-14(17)15(18)16-11-10-13-7-3-2-4-8-13/h7,14H,2-6,8-12H2,1H3,(H,16,18)/t14-/m1/s1. The van der Waals surface area contributed by atoms with Crippen LogP contribution in [0.4, 0.5) is 0 Å². The van der Waals surface area contributed by atoms with Crippen molar-refractivity contribution in [3.63, 3.8) is 0 Å². The topological polar surface area (TPSA) is 66.5 Å². The largest absolute Gasteiger partial charge is 0.354 e. The Morgan fingerprint density at radius 2 is 2.14 bits per heavy atom. The van der Waals surface area contributed by atoms with Crippen LogP contribution in [0.25, 0.3) is 0 Å². The number of piperidine rings is 1. The molecule has 5 nitrogen and oxygen atoms in total. The summed E-state index contributed by atoms with van der Waals surface area (Å²) in [6.45, 7) is 1.07. The third-order valence-electron chi connectivity index (χ3n) is 4.31. The molecule has 21 heavy (non-hydrogen) atoms. The summed E-state index contributed by atoms with van der Waals surface area (Å²) in [5, 5.41) is 2.92. The zero-order chi connectivity index (χ0) is 15.3. The maximum absolute atomic E-state index is 12.3. The summed E-state index contributed by atoms with van der Waals surface area (Å²) in [6, 6.07) is -0.519. The van der Waals surface area contributed by atoms with E-state index in [1.807, 2.05) is 0 Å². The number of hydrogen-bond acceptors (Lipinski definition) is 3. The Labute approximate surface area is 127 Å². The van der Waals surface area contributed by atoms with E-state index in [4.69, 9.17) is 0 Å². The predicted octanol–water partition coefficient (Wildman–Crippen LogP) is 1.81. The highest BCUT2D eigenvalue weighted by atomic mass is 32.2. The van der Waals surface area contributed by atoms with Crippen molar-refractivity contribution in [2.45, 2.75) is 57.4 Å². The molecule has 1 saturated heterocycles. The first-order valence-electron chi connectivity index (χ1n) is 7.91. The van der Waals surface area contributed by atoms with Gasteiger partial charge in [-0.1, -0.05) is 18.1 Å². The summed E-state index contributed by atoms with van der Waals surface area (Å²) < 4.78 is 24.9. The average molecular weight is 314 g/mol. The van der Waals surface area contributed by atoms with Gasteiger partial charge in [0.15, 0.2) is 0 Å². The molecule has 0 aromatic carbocycles. The number of nitrogens with zero attached hydrogens (tertiary/aromatic N) is 1. The number of carbonyl (C=O) groups excluding carboxylic acids is 1. The van der Waals surface area contributed by atoms with E-state index in [0.29, 0.717) is 19.5 Å². The van der Waals surface area contributed by atoms with Gasteiger partial charge in [-0.3, -0.25) is 4.79 Å². The number of carbonyl (C=O) groups is 1. The molecular weight excluding hydrogens is 288 g/mol. The molecule has 0 radical (unpaired) electrons. The van der Waals surface area contributed by atoms with Crippen LogP contribution in [0.2, 0.25) is 0 Å². The van der Waals surface area contributed by atoms with E-state index < -0.39 is 16.1 Å². The normalized spacial score (nSPS) is 24.4. The lowest BCUT2D eigenvalue weighted by Crippen LogP contribution is -2.51. The van der Waals surface area contributed by atoms with Gasteiger partial charge in [-0.15, -0.1) is 0 Å². The summed E-state index contributed by atoms with van der Waals surface area (Å²) >= 11 is 0. The van der Waals surface area contributed by atoms with Crippen LogP contribution in [0.5, 0.6) is 0 Å². The molecule has 2 rings (SSSR count). The van der Waals surface area contributed by atoms with Gasteiger partial charge in [-0.05, 0) is 44.9 Å². The van der Waals surface area contributed by atoms with E-state index in [-0.39, 0.29) is 5.91 Å². The van der Waals surface area contributed by atoms with Gasteiger partial charge in [0.05, 0.1) is 6.26 Å². The predicted molar refractivity (Wildman–Crippen MR) is 83.4 cm³/mol. The smallest absolute Gasteiger partial charge is 0.238 e. The highest BCUT2D eigenvalue weighted by Gasteiger charge is 2.34. The monoisotopic (exact) mass is 314 g/mol. The lowest BCUT2D eigenvalue weighted by Gasteiger charge is -2.32. The van der Waals surface area contributed by atoms with Crippen LogP contribution < -0.4 is 5.32 Å². The van der Waals surface area contributed by atoms with Gasteiger partial charge in [0, 0.05) is 13.1 Å². The summed E-state index contributed by atoms with van der Waals surface area (Å²) in [5.41, 5.74) is 1.42. The van der Waals surface area contributed by atoms with Gasteiger partial charge >= 0.3 is 0 Å². The van der Waals surface area contributed by atoms with E-state index in [2.05, 4.69) is 11.4 Å². The molecule has 1 fully saturated rings. The third-order valence-corrected chi connectivity index (χ3v) is 5.60. The van der Waals surface area contributed by atoms with Crippen molar-refractivity contribution in [3.05, 3.63) is 11.6 Å². The van der Waals surface area contributed by atoms with Crippen LogP contribution in [0.3, 0.4) is 0 Å². The number of nitrogens with one attached hydrogen (secondary N) is 1. The average Bonchev–Trinajstić information content (AvgIpc) is 2.47. The van der Waals surface area contributed by atoms with E-state index in [1.165, 1.54) is 29.0 Å². The fraction of sp³-hybridized carbons (Fsp3) is 0.800. The first kappa shape index (κ1) is 16.5. The van der Waals surface area contributed by atoms with Crippen molar-refractivity contribution in [2.75, 3.05) is 19.3 Å². The van der Waals surface area contributed by atoms with Crippen molar-refractivity contribution in [1.82, 2.24) is 9.62 Å². The van der Waals surface area contributed by atoms with Crippen LogP contribution in [-0.2, 0) is 14.8 Å². The molecule has 1 amide bonds. The lowest BCUT2D eigenvalue weighted by molar-refractivity contribution is -0.125. The minimum absolute atomic E-state index is 0.142. The molecule has 0 saturated carbocycles. The van der Waals surface area contributed by atoms with Crippen LogP contribution in [0, 0.1) is 0 Å². The Balaban J connectivity index is 1.84. The van der Waals surface area contributed by atoms with Gasteiger partial charge in [-0.2, -0.15) is 4.31 Å². The summed E-state index contributed by atoms with van der Waals surface area (Å²) in [7, 11) is -3.30. The van der Waals surface area contributed by atoms with E-state index >= 15 is 0 Å². The fourth-order valence-electron chi connectivity index (χ4n) is 3.16. The zero-order valence-electron chi connectivity index (χ0n) is 12.8. The van der Waals surface area contributed by atoms with Gasteiger partial charge in [0.25, 0.3) is 0 Å². The van der Waals surface area contributed by atoms with Crippen molar-refractivity contribution >= 4 is 15.9 Å². The van der Waals surface area contributed by atoms with Crippen LogP contribution in [-0.4, -0.2) is 44.0 Å². The lowest BCUT2D eigenvalue weighted by atomic mass is 9.97. The summed E-state index contributed by atoms with van der Waals surface area (Å²) in [6.07, 6.45) is 11.5. The first-order chi connectivity index (χ1) is 9.98. The van der Waals surface area contributed by atoms with Crippen molar-refractivity contribution < 1.29 is 13.2 Å². The van der Waals surface area contributed by atoms with E-state index in [1.54, 1.807) is 0 Å². The van der Waals surface area contributed by atoms with Crippen molar-refractivity contribution in [1.29, 1.82) is 0 Å². The molecule has 1 N–H and O–H groups in total. The zero-order valence-corrected chi connectivity index (χ0v) is 13.6. The Morgan fingerprint density at radius 1 is 1.33 bits per heavy atom. The number of amides is 1. The molecule has 0 aromatic rings. The molecule has 6 heteroatoms. The van der Waals surface area contributed by atoms with Crippen molar-refractivity contribution in [2.24, 2.45) is 0 Å². The highest BCUT2D eigenvalue weighted by Crippen LogP contribution is 2.21. The minimum Gasteiger partial charge on any atom is -0.354 e. The second kappa shape index (κ2) is 7.40. The molecule has 2 aliphatic rings. The fourth-order valence-corrected chi connectivity index (χ4v) is 4.28. The molecular formula is C15H26N2O3S. The van der Waals surface area contributed by atoms with Gasteiger partial charge in [-0.25, -0.2) is 8.42 Å². The molecule has 120 valence electrons. The third kappa shape index (κ3) is 4.81. The van der Waals surface area contributed by atoms with Gasteiger partial charge in [0.2, 0.25) is 15.9 Å². The van der Waals surface area contributed by atoms with Crippen LogP contribution in [0.15, 0.2) is 11.6 Å². The highest BCUT2D eigenvalue weighted by molar-refractivity contribution is 7.88. The molecule has 1 heterocycles. The first-order valence-corrected chi connectivity index (χ1v) is 9.76. The van der Waals surface area contributed by atoms with Crippen LogP contribution in [0.1, 0.15) is 51.4 Å². The van der Waals surface area contributed by atoms with Gasteiger partial charge < -0.3 is 5.32 Å². The molecule has 1 atom stereocenters. The number of hydrogen-bond donors (Lipinski definition) is 1. The number of rotatable bonds is 5. The van der Waals surface area contributed by atoms with E-state index in [0.717, 1.165) is 32.1 Å². The summed E-state index contributed by atoms with van der Waals surface area (Å²) in [4.78, 5) is 12.3. The Morgan fingerprint density at radius 3 is 2.81 bits per heavy atom. The maximum atomic E-state index is 12.3. The summed E-state index contributed by atoms with van der Waals surface area (Å²) in [5.74, 6) is -0.142. The second-order valence-electron chi connectivity index (χ2n) is 6.03.